The van der Waals surface area contributed by atoms with Crippen LogP contribution in [-0.2, 0) is 9.53 Å². The van der Waals surface area contributed by atoms with E-state index in [4.69, 9.17) is 1.37 Å². The zero-order valence-electron chi connectivity index (χ0n) is 8.36. The zero-order chi connectivity index (χ0) is 10.6. The highest BCUT2D eigenvalue weighted by molar-refractivity contribution is 5.76. The second-order valence-electron chi connectivity index (χ2n) is 2.44. The van der Waals surface area contributed by atoms with Crippen molar-refractivity contribution in [3.05, 3.63) is 35.9 Å². The van der Waals surface area contributed by atoms with Crippen LogP contribution in [0.25, 0.3) is 0 Å². The lowest BCUT2D eigenvalue weighted by Gasteiger charge is -2.08. The van der Waals surface area contributed by atoms with Gasteiger partial charge in [-0.15, -0.1) is 0 Å². The number of hydrogen-bond donors (Lipinski definition) is 1. The maximum absolute atomic E-state index is 11.2. The van der Waals surface area contributed by atoms with Crippen molar-refractivity contribution < 1.29 is 16.0 Å². The third-order valence-corrected chi connectivity index (χ3v) is 1.52. The molecule has 3 heteroatoms. The molecular formula is C10H12O3. The van der Waals surface area contributed by atoms with Crippen molar-refractivity contribution in [3.63, 3.8) is 0 Å². The van der Waals surface area contributed by atoms with Crippen LogP contribution >= 0.6 is 0 Å². The topological polar surface area (TPSA) is 46.5 Å². The summed E-state index contributed by atoms with van der Waals surface area (Å²) in [5.41, 5.74) is 0.207. The number of esters is 1. The minimum absolute atomic E-state index is 0.146. The van der Waals surface area contributed by atoms with E-state index in [0.717, 1.165) is 0 Å². The lowest BCUT2D eigenvalue weighted by molar-refractivity contribution is -0.153. The van der Waals surface area contributed by atoms with Crippen molar-refractivity contribution in [2.75, 3.05) is 6.61 Å². The summed E-state index contributed by atoms with van der Waals surface area (Å²) in [5.74, 6) is -0.953. The molecule has 0 aliphatic heterocycles. The van der Waals surface area contributed by atoms with E-state index in [2.05, 4.69) is 4.74 Å². The molecule has 1 aromatic carbocycles. The first-order chi connectivity index (χ1) is 6.59. The fourth-order valence-corrected chi connectivity index (χ4v) is 0.913. The van der Waals surface area contributed by atoms with Crippen LogP contribution in [0.15, 0.2) is 30.3 Å². The molecule has 0 saturated carbocycles. The predicted molar refractivity (Wildman–Crippen MR) is 48.0 cm³/mol. The molecule has 3 nitrogen and oxygen atoms in total. The van der Waals surface area contributed by atoms with Crippen LogP contribution in [0.3, 0.4) is 0 Å². The Bertz CT molecular complexity index is 308. The van der Waals surface area contributed by atoms with Gasteiger partial charge >= 0.3 is 5.97 Å². The fraction of sp³-hybridized carbons (Fsp3) is 0.300. The Labute approximate surface area is 78.4 Å². The van der Waals surface area contributed by atoms with Crippen LogP contribution in [0.1, 0.15) is 19.9 Å². The molecule has 1 rings (SSSR count). The van der Waals surface area contributed by atoms with Crippen molar-refractivity contribution >= 4 is 5.97 Å². The van der Waals surface area contributed by atoms with E-state index in [9.17, 15) is 9.90 Å². The van der Waals surface area contributed by atoms with Gasteiger partial charge in [-0.2, -0.15) is 0 Å². The van der Waals surface area contributed by atoms with Gasteiger partial charge in [0.15, 0.2) is 6.08 Å². The number of carbonyl (C=O) groups is 1. The maximum Gasteiger partial charge on any atom is 0.339 e. The summed E-state index contributed by atoms with van der Waals surface area (Å²) in [6, 6.07) is 8.04. The smallest absolute Gasteiger partial charge is 0.339 e. The van der Waals surface area contributed by atoms with E-state index < -0.39 is 12.0 Å². The highest BCUT2D eigenvalue weighted by Gasteiger charge is 2.17. The van der Waals surface area contributed by atoms with Gasteiger partial charge in [0.2, 0.25) is 0 Å². The second-order valence-corrected chi connectivity index (χ2v) is 2.44. The third kappa shape index (κ3) is 2.56. The van der Waals surface area contributed by atoms with Crippen LogP contribution in [0.5, 0.6) is 0 Å². The Hall–Kier alpha value is -1.35. The quantitative estimate of drug-likeness (QED) is 0.714. The van der Waals surface area contributed by atoms with Gasteiger partial charge in [-0.1, -0.05) is 30.3 Å². The van der Waals surface area contributed by atoms with Gasteiger partial charge in [-0.25, -0.2) is 4.79 Å². The molecule has 0 amide bonds. The van der Waals surface area contributed by atoms with E-state index in [1.165, 1.54) is 12.1 Å². The van der Waals surface area contributed by atoms with E-state index in [-0.39, 0.29) is 12.2 Å². The minimum atomic E-state index is -2.31. The van der Waals surface area contributed by atoms with Crippen molar-refractivity contribution in [1.82, 2.24) is 0 Å². The molecule has 0 aromatic heterocycles. The minimum Gasteiger partial charge on any atom is -0.464 e. The summed E-state index contributed by atoms with van der Waals surface area (Å²) in [7, 11) is 0. The van der Waals surface area contributed by atoms with Gasteiger partial charge in [-0.3, -0.25) is 0 Å². The lowest BCUT2D eigenvalue weighted by Crippen LogP contribution is -2.15. The molecule has 1 aromatic rings. The van der Waals surface area contributed by atoms with Crippen molar-refractivity contribution in [3.8, 4) is 0 Å². The summed E-state index contributed by atoms with van der Waals surface area (Å²) in [6.45, 7) is 1.77. The number of ether oxygens (including phenoxy) is 1. The Kier molecular flexibility index (Phi) is 2.94. The van der Waals surface area contributed by atoms with E-state index in [1.54, 1.807) is 25.1 Å². The van der Waals surface area contributed by atoms with Gasteiger partial charge in [-0.05, 0) is 12.5 Å². The summed E-state index contributed by atoms with van der Waals surface area (Å²) in [6.07, 6.45) is -2.31. The van der Waals surface area contributed by atoms with Crippen LogP contribution in [0.2, 0.25) is 0 Å². The molecule has 0 aliphatic carbocycles. The largest absolute Gasteiger partial charge is 0.464 e. The Morgan fingerprint density at radius 2 is 2.23 bits per heavy atom. The first-order valence-corrected chi connectivity index (χ1v) is 4.04. The van der Waals surface area contributed by atoms with Crippen LogP contribution in [0, 0.1) is 0 Å². The average molecular weight is 181 g/mol. The standard InChI is InChI=1S/C10H12O3/c1-2-13-10(12)9(11)8-6-4-3-5-7-8/h3-7,9,11H,2H2,1H3/i9D. The predicted octanol–water partition coefficient (Wildman–Crippen LogP) is 1.28. The van der Waals surface area contributed by atoms with E-state index >= 15 is 0 Å². The molecule has 0 heterocycles. The van der Waals surface area contributed by atoms with Crippen molar-refractivity contribution in [2.45, 2.75) is 13.0 Å². The van der Waals surface area contributed by atoms with Gasteiger partial charge in [0.1, 0.15) is 0 Å². The summed E-state index contributed by atoms with van der Waals surface area (Å²) in [4.78, 5) is 11.2. The lowest BCUT2D eigenvalue weighted by atomic mass is 10.1. The van der Waals surface area contributed by atoms with Gasteiger partial charge in [0, 0.05) is 0 Å². The van der Waals surface area contributed by atoms with Crippen molar-refractivity contribution in [1.29, 1.82) is 0 Å². The Morgan fingerprint density at radius 1 is 1.62 bits per heavy atom. The van der Waals surface area contributed by atoms with Crippen LogP contribution in [-0.4, -0.2) is 17.7 Å². The molecule has 0 fully saturated rings. The molecule has 1 atom stereocenters. The normalized spacial score (nSPS) is 15.7. The first kappa shape index (κ1) is 8.26. The monoisotopic (exact) mass is 181 g/mol. The molecule has 0 saturated heterocycles. The molecule has 0 radical (unpaired) electrons. The molecule has 0 bridgehead atoms. The number of hydrogen-bond acceptors (Lipinski definition) is 3. The molecule has 0 aliphatic rings. The summed E-state index contributed by atoms with van der Waals surface area (Å²) in [5, 5.41) is 9.58. The van der Waals surface area contributed by atoms with E-state index in [1.807, 2.05) is 0 Å². The van der Waals surface area contributed by atoms with Crippen LogP contribution in [0.4, 0.5) is 0 Å². The third-order valence-electron chi connectivity index (χ3n) is 1.52. The summed E-state index contributed by atoms with van der Waals surface area (Å²) < 4.78 is 12.0. The molecule has 1 unspecified atom stereocenters. The van der Waals surface area contributed by atoms with Crippen molar-refractivity contribution in [2.24, 2.45) is 0 Å². The summed E-state index contributed by atoms with van der Waals surface area (Å²) >= 11 is 0. The highest BCUT2D eigenvalue weighted by atomic mass is 16.5. The van der Waals surface area contributed by atoms with Gasteiger partial charge in [0.05, 0.1) is 7.98 Å². The number of carbonyl (C=O) groups excluding carboxylic acids is 1. The average Bonchev–Trinajstić information content (AvgIpc) is 2.19. The Balaban J connectivity index is 2.90. The van der Waals surface area contributed by atoms with Gasteiger partial charge in [0.25, 0.3) is 0 Å². The second kappa shape index (κ2) is 4.62. The molecule has 13 heavy (non-hydrogen) atoms. The molecule has 1 N–H and O–H groups in total. The van der Waals surface area contributed by atoms with Gasteiger partial charge < -0.3 is 9.84 Å². The Morgan fingerprint density at radius 3 is 2.77 bits per heavy atom. The fourth-order valence-electron chi connectivity index (χ4n) is 0.913. The highest BCUT2D eigenvalue weighted by Crippen LogP contribution is 2.13. The SMILES string of the molecule is [2H]C(O)(C(=O)OCC)c1ccccc1. The van der Waals surface area contributed by atoms with Crippen LogP contribution < -0.4 is 0 Å². The molecular weight excluding hydrogens is 168 g/mol. The van der Waals surface area contributed by atoms with E-state index in [0.29, 0.717) is 0 Å². The maximum atomic E-state index is 11.2. The first-order valence-electron chi connectivity index (χ1n) is 4.54. The number of aliphatic hydroxyl groups is 1. The molecule has 0 spiro atoms. The zero-order valence-corrected chi connectivity index (χ0v) is 7.36. The number of benzene rings is 1. The molecule has 70 valence electrons. The number of rotatable bonds is 3.